The van der Waals surface area contributed by atoms with Crippen LogP contribution in [0.15, 0.2) is 0 Å². The Balaban J connectivity index is 0.000000527. The molecule has 4 aliphatic carbocycles. The molecular weight excluding hydrogens is 444 g/mol. The van der Waals surface area contributed by atoms with Crippen LogP contribution in [-0.4, -0.2) is 11.6 Å². The smallest absolute Gasteiger partial charge is 0.299 e. The summed E-state index contributed by atoms with van der Waals surface area (Å²) in [5.74, 6) is 2.60. The van der Waals surface area contributed by atoms with Crippen molar-refractivity contribution in [3.05, 3.63) is 127 Å². The monoisotopic (exact) mass is 466 g/mol. The van der Waals surface area contributed by atoms with E-state index < -0.39 is 0 Å². The van der Waals surface area contributed by atoms with E-state index in [0.717, 1.165) is 17.8 Å². The molecular formula is C25H22Fe2O2+4. The molecule has 4 aliphatic rings. The Hall–Kier alpha value is 0.379. The van der Waals surface area contributed by atoms with Gasteiger partial charge in [-0.05, 0) is 121 Å². The third-order valence-corrected chi connectivity index (χ3v) is 4.55. The summed E-state index contributed by atoms with van der Waals surface area (Å²) in [7, 11) is 0. The van der Waals surface area contributed by atoms with Gasteiger partial charge in [0.2, 0.25) is 0 Å². The standard InChI is InChI=1S/C20H17O2.C5H5.2Fe/c21-19(16-9-3-4-10-16)13-18(15-7-1-2-8-15)14-20(22)17-11-5-6-12-17;1-2-4-5-3-1;;/h1-12,18H,13-14H2;1-5H;;/q;;2*+2. The Morgan fingerprint density at radius 3 is 1.17 bits per heavy atom. The first-order valence-corrected chi connectivity index (χ1v) is 9.12. The van der Waals surface area contributed by atoms with Crippen molar-refractivity contribution in [2.45, 2.75) is 12.8 Å². The van der Waals surface area contributed by atoms with Crippen molar-refractivity contribution in [2.24, 2.45) is 5.92 Å². The molecule has 0 aromatic heterocycles. The molecule has 4 saturated carbocycles. The predicted molar refractivity (Wildman–Crippen MR) is 106 cm³/mol. The molecule has 4 fully saturated rings. The summed E-state index contributed by atoms with van der Waals surface area (Å²) < 4.78 is 0. The number of carbonyl (C=O) groups excluding carboxylic acids is 2. The maximum absolute atomic E-state index is 12.4. The maximum atomic E-state index is 12.4. The minimum Gasteiger partial charge on any atom is -0.299 e. The van der Waals surface area contributed by atoms with Crippen molar-refractivity contribution in [2.75, 3.05) is 0 Å². The van der Waals surface area contributed by atoms with E-state index in [1.165, 1.54) is 0 Å². The number of Topliss-reactive ketones (excluding diaryl/α,β-unsaturated/α-hetero) is 2. The van der Waals surface area contributed by atoms with Crippen LogP contribution < -0.4 is 0 Å². The molecule has 2 nitrogen and oxygen atoms in total. The van der Waals surface area contributed by atoms with Gasteiger partial charge in [-0.1, -0.05) is 0 Å². The SMILES string of the molecule is O=C(CC(CC(=O)[C]1[CH][CH][CH][CH]1)[C]1[CH][CH][CH][CH]1)[C]1[CH][CH][CH][CH]1.[CH]1[CH][CH][CH][CH]1.[Fe+2].[Fe+2]. The van der Waals surface area contributed by atoms with Gasteiger partial charge in [-0.15, -0.1) is 0 Å². The van der Waals surface area contributed by atoms with Crippen molar-refractivity contribution < 1.29 is 43.7 Å². The van der Waals surface area contributed by atoms with Gasteiger partial charge < -0.3 is 0 Å². The van der Waals surface area contributed by atoms with Crippen LogP contribution in [0.4, 0.5) is 0 Å². The molecule has 4 rings (SSSR count). The van der Waals surface area contributed by atoms with Gasteiger partial charge in [0, 0.05) is 24.7 Å². The third-order valence-electron chi connectivity index (χ3n) is 4.55. The molecule has 0 bridgehead atoms. The first-order chi connectivity index (χ1) is 13.2. The molecule has 20 radical (unpaired) electrons. The Bertz CT molecular complexity index is 420. The fraction of sp³-hybridized carbons (Fsp3) is 0.120. The van der Waals surface area contributed by atoms with E-state index in [4.69, 9.17) is 0 Å². The molecule has 0 aromatic carbocycles. The van der Waals surface area contributed by atoms with E-state index in [1.807, 2.05) is 109 Å². The normalized spacial score (nSPS) is 22.8. The van der Waals surface area contributed by atoms with Crippen LogP contribution in [-0.2, 0) is 43.7 Å². The average Bonchev–Trinajstić information content (AvgIpc) is 3.49. The van der Waals surface area contributed by atoms with Gasteiger partial charge in [0.25, 0.3) is 0 Å². The summed E-state index contributed by atoms with van der Waals surface area (Å²) in [5.41, 5.74) is 0. The molecule has 0 N–H and O–H groups in total. The van der Waals surface area contributed by atoms with Gasteiger partial charge >= 0.3 is 34.1 Å². The van der Waals surface area contributed by atoms with Crippen molar-refractivity contribution in [3.8, 4) is 0 Å². The Morgan fingerprint density at radius 1 is 0.517 bits per heavy atom. The van der Waals surface area contributed by atoms with Crippen molar-refractivity contribution in [1.82, 2.24) is 0 Å². The van der Waals surface area contributed by atoms with Crippen LogP contribution in [0.3, 0.4) is 0 Å². The molecule has 0 unspecified atom stereocenters. The summed E-state index contributed by atoms with van der Waals surface area (Å²) in [6, 6.07) is 0. The zero-order chi connectivity index (χ0) is 18.9. The molecule has 0 saturated heterocycles. The summed E-state index contributed by atoms with van der Waals surface area (Å²) in [6.45, 7) is 0. The zero-order valence-corrected chi connectivity index (χ0v) is 18.0. The number of ketones is 2. The first-order valence-electron chi connectivity index (χ1n) is 9.12. The van der Waals surface area contributed by atoms with Gasteiger partial charge in [-0.2, -0.15) is 0 Å². The van der Waals surface area contributed by atoms with Gasteiger partial charge in [-0.25, -0.2) is 0 Å². The Morgan fingerprint density at radius 2 is 0.828 bits per heavy atom. The fourth-order valence-corrected chi connectivity index (χ4v) is 3.09. The molecule has 29 heavy (non-hydrogen) atoms. The van der Waals surface area contributed by atoms with E-state index in [0.29, 0.717) is 12.8 Å². The van der Waals surface area contributed by atoms with Crippen molar-refractivity contribution in [1.29, 1.82) is 0 Å². The zero-order valence-electron chi connectivity index (χ0n) is 15.8. The second-order valence-electron chi connectivity index (χ2n) is 6.48. The summed E-state index contributed by atoms with van der Waals surface area (Å²) in [5, 5.41) is 0. The molecule has 4 heteroatoms. The van der Waals surface area contributed by atoms with Gasteiger partial charge in [0.15, 0.2) is 0 Å². The molecule has 146 valence electrons. The van der Waals surface area contributed by atoms with E-state index >= 15 is 0 Å². The molecule has 0 spiro atoms. The van der Waals surface area contributed by atoms with E-state index in [2.05, 4.69) is 0 Å². The Labute approximate surface area is 200 Å². The van der Waals surface area contributed by atoms with Crippen LogP contribution >= 0.6 is 0 Å². The second-order valence-corrected chi connectivity index (χ2v) is 6.48. The predicted octanol–water partition coefficient (Wildman–Crippen LogP) is 3.75. The maximum Gasteiger partial charge on any atom is 2.00 e. The fourth-order valence-electron chi connectivity index (χ4n) is 3.09. The van der Waals surface area contributed by atoms with Crippen LogP contribution in [0, 0.1) is 133 Å². The largest absolute Gasteiger partial charge is 2.00 e. The van der Waals surface area contributed by atoms with Crippen LogP contribution in [0.5, 0.6) is 0 Å². The first kappa shape index (κ1) is 27.4. The van der Waals surface area contributed by atoms with E-state index in [-0.39, 0.29) is 51.6 Å². The number of rotatable bonds is 7. The summed E-state index contributed by atoms with van der Waals surface area (Å²) in [6.07, 6.45) is 33.3. The van der Waals surface area contributed by atoms with Crippen molar-refractivity contribution in [3.63, 3.8) is 0 Å². The van der Waals surface area contributed by atoms with Gasteiger partial charge in [0.1, 0.15) is 11.6 Å². The number of carbonyl (C=O) groups is 2. The summed E-state index contributed by atoms with van der Waals surface area (Å²) >= 11 is 0. The van der Waals surface area contributed by atoms with E-state index in [1.54, 1.807) is 0 Å². The minimum atomic E-state index is -0.0696. The molecule has 0 heterocycles. The molecule has 0 aliphatic heterocycles. The molecule has 0 aromatic rings. The quantitative estimate of drug-likeness (QED) is 0.536. The second kappa shape index (κ2) is 15.2. The van der Waals surface area contributed by atoms with Crippen molar-refractivity contribution >= 4 is 11.6 Å². The van der Waals surface area contributed by atoms with E-state index in [9.17, 15) is 9.59 Å². The number of hydrogen-bond donors (Lipinski definition) is 0. The average molecular weight is 466 g/mol. The molecule has 0 atom stereocenters. The molecule has 0 amide bonds. The van der Waals surface area contributed by atoms with Crippen LogP contribution in [0.1, 0.15) is 12.8 Å². The Kier molecular flexibility index (Phi) is 14.4. The van der Waals surface area contributed by atoms with Gasteiger partial charge in [0.05, 0.1) is 0 Å². The topological polar surface area (TPSA) is 34.1 Å². The number of hydrogen-bond acceptors (Lipinski definition) is 2. The third kappa shape index (κ3) is 9.18. The van der Waals surface area contributed by atoms with Crippen LogP contribution in [0.2, 0.25) is 0 Å². The summed E-state index contributed by atoms with van der Waals surface area (Å²) in [4.78, 5) is 24.7. The van der Waals surface area contributed by atoms with Crippen LogP contribution in [0.25, 0.3) is 0 Å². The minimum absolute atomic E-state index is 0. The van der Waals surface area contributed by atoms with Gasteiger partial charge in [-0.3, -0.25) is 9.59 Å².